The van der Waals surface area contributed by atoms with E-state index in [2.05, 4.69) is 5.32 Å². The summed E-state index contributed by atoms with van der Waals surface area (Å²) in [6.07, 6.45) is 6.29. The summed E-state index contributed by atoms with van der Waals surface area (Å²) in [5, 5.41) is 2.85. The van der Waals surface area contributed by atoms with Gasteiger partial charge in [-0.1, -0.05) is 37.5 Å². The molecule has 0 aromatic heterocycles. The number of anilines is 1. The van der Waals surface area contributed by atoms with Crippen molar-refractivity contribution in [3.05, 3.63) is 29.8 Å². The molecule has 5 nitrogen and oxygen atoms in total. The predicted molar refractivity (Wildman–Crippen MR) is 96.4 cm³/mol. The lowest BCUT2D eigenvalue weighted by atomic mass is 9.88. The van der Waals surface area contributed by atoms with Crippen LogP contribution in [0.15, 0.2) is 24.3 Å². The molecular weight excluding hydrogens is 302 g/mol. The molecule has 0 spiro atoms. The van der Waals surface area contributed by atoms with Gasteiger partial charge in [0, 0.05) is 31.6 Å². The second-order valence-corrected chi connectivity index (χ2v) is 6.58. The third-order valence-corrected chi connectivity index (χ3v) is 4.59. The average molecular weight is 331 g/mol. The van der Waals surface area contributed by atoms with Gasteiger partial charge in [-0.2, -0.15) is 0 Å². The molecule has 5 heteroatoms. The van der Waals surface area contributed by atoms with Gasteiger partial charge in [-0.05, 0) is 37.4 Å². The number of hydrogen-bond acceptors (Lipinski definition) is 3. The van der Waals surface area contributed by atoms with E-state index < -0.39 is 0 Å². The minimum absolute atomic E-state index is 0.102. The van der Waals surface area contributed by atoms with E-state index in [0.717, 1.165) is 43.4 Å². The van der Waals surface area contributed by atoms with Gasteiger partial charge >= 0.3 is 0 Å². The molecule has 132 valence electrons. The molecule has 0 radical (unpaired) electrons. The highest BCUT2D eigenvalue weighted by Crippen LogP contribution is 2.27. The summed E-state index contributed by atoms with van der Waals surface area (Å²) in [5.74, 6) is 0.278. The fourth-order valence-corrected chi connectivity index (χ4v) is 3.33. The summed E-state index contributed by atoms with van der Waals surface area (Å²) >= 11 is 0. The fourth-order valence-electron chi connectivity index (χ4n) is 3.33. The van der Waals surface area contributed by atoms with Gasteiger partial charge < -0.3 is 16.0 Å². The first-order chi connectivity index (χ1) is 11.6. The molecular formula is C19H29N3O2. The predicted octanol–water partition coefficient (Wildman–Crippen LogP) is 2.90. The van der Waals surface area contributed by atoms with Gasteiger partial charge in [0.25, 0.3) is 0 Å². The minimum Gasteiger partial charge on any atom is -0.338 e. The number of nitrogens with zero attached hydrogens (tertiary/aromatic N) is 1. The average Bonchev–Trinajstić information content (AvgIpc) is 2.59. The van der Waals surface area contributed by atoms with Crippen LogP contribution in [-0.2, 0) is 16.1 Å². The zero-order valence-electron chi connectivity index (χ0n) is 14.6. The minimum atomic E-state index is -0.102. The van der Waals surface area contributed by atoms with Crippen molar-refractivity contribution in [3.8, 4) is 0 Å². The number of benzene rings is 1. The van der Waals surface area contributed by atoms with Gasteiger partial charge in [-0.25, -0.2) is 0 Å². The summed E-state index contributed by atoms with van der Waals surface area (Å²) in [6, 6.07) is 7.67. The molecule has 0 atom stereocenters. The molecule has 1 aliphatic rings. The van der Waals surface area contributed by atoms with Crippen molar-refractivity contribution in [3.63, 3.8) is 0 Å². The second kappa shape index (κ2) is 9.42. The van der Waals surface area contributed by atoms with Gasteiger partial charge in [0.15, 0.2) is 0 Å². The van der Waals surface area contributed by atoms with Crippen LogP contribution in [0.25, 0.3) is 0 Å². The van der Waals surface area contributed by atoms with Gasteiger partial charge in [-0.15, -0.1) is 0 Å². The van der Waals surface area contributed by atoms with Crippen LogP contribution in [0.4, 0.5) is 5.69 Å². The van der Waals surface area contributed by atoms with Crippen LogP contribution in [-0.4, -0.2) is 29.8 Å². The summed E-state index contributed by atoms with van der Waals surface area (Å²) in [6.45, 7) is 3.25. The van der Waals surface area contributed by atoms with E-state index in [-0.39, 0.29) is 17.7 Å². The summed E-state index contributed by atoms with van der Waals surface area (Å²) in [4.78, 5) is 26.3. The standard InChI is InChI=1S/C19H29N3O2/c1-15(23)21-18-11-6-5-10-17(18)14-22(13-7-12-20)19(24)16-8-3-2-4-9-16/h5-6,10-11,16H,2-4,7-9,12-14,20H2,1H3,(H,21,23). The van der Waals surface area contributed by atoms with E-state index in [9.17, 15) is 9.59 Å². The molecule has 2 rings (SSSR count). The lowest BCUT2D eigenvalue weighted by Gasteiger charge is -2.30. The Bertz CT molecular complexity index is 553. The number of carbonyl (C=O) groups is 2. The number of amides is 2. The van der Waals surface area contributed by atoms with Crippen molar-refractivity contribution in [1.82, 2.24) is 4.90 Å². The van der Waals surface area contributed by atoms with E-state index in [1.807, 2.05) is 29.2 Å². The van der Waals surface area contributed by atoms with Crippen LogP contribution < -0.4 is 11.1 Å². The van der Waals surface area contributed by atoms with Crippen molar-refractivity contribution in [2.75, 3.05) is 18.4 Å². The number of nitrogens with two attached hydrogens (primary N) is 1. The Hall–Kier alpha value is -1.88. The largest absolute Gasteiger partial charge is 0.338 e. The maximum Gasteiger partial charge on any atom is 0.225 e. The monoisotopic (exact) mass is 331 g/mol. The highest BCUT2D eigenvalue weighted by Gasteiger charge is 2.26. The van der Waals surface area contributed by atoms with Gasteiger partial charge in [0.05, 0.1) is 0 Å². The van der Waals surface area contributed by atoms with Crippen molar-refractivity contribution in [2.45, 2.75) is 52.0 Å². The van der Waals surface area contributed by atoms with E-state index in [0.29, 0.717) is 19.6 Å². The van der Waals surface area contributed by atoms with Crippen LogP contribution >= 0.6 is 0 Å². The van der Waals surface area contributed by atoms with Crippen LogP contribution in [0.3, 0.4) is 0 Å². The molecule has 0 heterocycles. The smallest absolute Gasteiger partial charge is 0.225 e. The summed E-state index contributed by atoms with van der Waals surface area (Å²) < 4.78 is 0. The molecule has 0 unspecified atom stereocenters. The zero-order chi connectivity index (χ0) is 17.4. The molecule has 3 N–H and O–H groups in total. The first kappa shape index (κ1) is 18.5. The van der Waals surface area contributed by atoms with Crippen molar-refractivity contribution >= 4 is 17.5 Å². The van der Waals surface area contributed by atoms with Crippen LogP contribution in [0.2, 0.25) is 0 Å². The van der Waals surface area contributed by atoms with Crippen LogP contribution in [0, 0.1) is 5.92 Å². The van der Waals surface area contributed by atoms with Crippen molar-refractivity contribution < 1.29 is 9.59 Å². The lowest BCUT2D eigenvalue weighted by Crippen LogP contribution is -2.38. The maximum atomic E-state index is 12.9. The Morgan fingerprint density at radius 2 is 1.92 bits per heavy atom. The Labute approximate surface area is 144 Å². The first-order valence-electron chi connectivity index (χ1n) is 8.96. The highest BCUT2D eigenvalue weighted by atomic mass is 16.2. The number of carbonyl (C=O) groups excluding carboxylic acids is 2. The van der Waals surface area contributed by atoms with E-state index in [4.69, 9.17) is 5.73 Å². The fraction of sp³-hybridized carbons (Fsp3) is 0.579. The molecule has 1 aromatic carbocycles. The zero-order valence-corrected chi connectivity index (χ0v) is 14.6. The number of rotatable bonds is 7. The number of hydrogen-bond donors (Lipinski definition) is 2. The summed E-state index contributed by atoms with van der Waals surface area (Å²) in [5.41, 5.74) is 7.39. The Balaban J connectivity index is 2.13. The SMILES string of the molecule is CC(=O)Nc1ccccc1CN(CCCN)C(=O)C1CCCCC1. The van der Waals surface area contributed by atoms with Gasteiger partial charge in [-0.3, -0.25) is 9.59 Å². The summed E-state index contributed by atoms with van der Waals surface area (Å²) in [7, 11) is 0. The molecule has 2 amide bonds. The van der Waals surface area contributed by atoms with Crippen LogP contribution in [0.1, 0.15) is 51.0 Å². The molecule has 1 fully saturated rings. The Kier molecular flexibility index (Phi) is 7.25. The maximum absolute atomic E-state index is 12.9. The molecule has 24 heavy (non-hydrogen) atoms. The van der Waals surface area contributed by atoms with E-state index in [1.54, 1.807) is 0 Å². The molecule has 1 saturated carbocycles. The molecule has 0 aliphatic heterocycles. The molecule has 1 aromatic rings. The Morgan fingerprint density at radius 3 is 2.58 bits per heavy atom. The quantitative estimate of drug-likeness (QED) is 0.806. The number of para-hydroxylation sites is 1. The topological polar surface area (TPSA) is 75.4 Å². The number of nitrogens with one attached hydrogen (secondary N) is 1. The van der Waals surface area contributed by atoms with Gasteiger partial charge in [0.1, 0.15) is 0 Å². The van der Waals surface area contributed by atoms with E-state index >= 15 is 0 Å². The lowest BCUT2D eigenvalue weighted by molar-refractivity contribution is -0.137. The Morgan fingerprint density at radius 1 is 1.21 bits per heavy atom. The molecule has 1 aliphatic carbocycles. The van der Waals surface area contributed by atoms with E-state index in [1.165, 1.54) is 13.3 Å². The third-order valence-electron chi connectivity index (χ3n) is 4.59. The third kappa shape index (κ3) is 5.34. The van der Waals surface area contributed by atoms with Crippen molar-refractivity contribution in [2.24, 2.45) is 11.7 Å². The molecule has 0 saturated heterocycles. The first-order valence-corrected chi connectivity index (χ1v) is 8.96. The van der Waals surface area contributed by atoms with Crippen molar-refractivity contribution in [1.29, 1.82) is 0 Å². The molecule has 0 bridgehead atoms. The normalized spacial score (nSPS) is 15.1. The van der Waals surface area contributed by atoms with Crippen LogP contribution in [0.5, 0.6) is 0 Å². The second-order valence-electron chi connectivity index (χ2n) is 6.58. The van der Waals surface area contributed by atoms with Gasteiger partial charge in [0.2, 0.25) is 11.8 Å². The highest BCUT2D eigenvalue weighted by molar-refractivity contribution is 5.89.